The predicted octanol–water partition coefficient (Wildman–Crippen LogP) is 1.09. The largest absolute Gasteiger partial charge is 0.369 e. The lowest BCUT2D eigenvalue weighted by atomic mass is 10.1. The molecule has 0 aliphatic heterocycles. The van der Waals surface area contributed by atoms with Gasteiger partial charge in [-0.1, -0.05) is 11.6 Å². The van der Waals surface area contributed by atoms with Crippen molar-refractivity contribution in [3.8, 4) is 0 Å². The summed E-state index contributed by atoms with van der Waals surface area (Å²) in [6.07, 6.45) is 1.37. The second kappa shape index (κ2) is 4.31. The number of hydrogen-bond acceptors (Lipinski definition) is 3. The maximum atomic E-state index is 11.0. The van der Waals surface area contributed by atoms with Gasteiger partial charge in [-0.3, -0.25) is 0 Å². The van der Waals surface area contributed by atoms with Gasteiger partial charge in [-0.05, 0) is 31.3 Å². The highest BCUT2D eigenvalue weighted by atomic mass is 35.5. The van der Waals surface area contributed by atoms with Gasteiger partial charge in [-0.25, -0.2) is 13.6 Å². The quantitative estimate of drug-likeness (QED) is 0.762. The van der Waals surface area contributed by atoms with E-state index in [1.54, 1.807) is 0 Å². The summed E-state index contributed by atoms with van der Waals surface area (Å²) in [5.41, 5.74) is 1.01. The van der Waals surface area contributed by atoms with E-state index in [9.17, 15) is 8.42 Å². The average molecular weight is 253 g/mol. The number of allylic oxidation sites excluding steroid dienone is 1. The van der Waals surface area contributed by atoms with E-state index in [4.69, 9.17) is 16.7 Å². The second-order valence-electron chi connectivity index (χ2n) is 4.29. The Morgan fingerprint density at radius 1 is 1.53 bits per heavy atom. The topological polar surface area (TPSA) is 63.4 Å². The molecule has 2 N–H and O–H groups in total. The summed E-state index contributed by atoms with van der Waals surface area (Å²) in [4.78, 5) is 1.81. The summed E-state index contributed by atoms with van der Waals surface area (Å²) < 4.78 is 22.0. The van der Waals surface area contributed by atoms with Crippen LogP contribution < -0.4 is 5.14 Å². The summed E-state index contributed by atoms with van der Waals surface area (Å²) in [6, 6.07) is 0. The van der Waals surface area contributed by atoms with Crippen LogP contribution in [-0.2, 0) is 10.0 Å². The molecular formula is C9H17ClN2O2S. The molecular weight excluding hydrogens is 236 g/mol. The number of sulfonamides is 1. The van der Waals surface area contributed by atoms with Gasteiger partial charge < -0.3 is 4.90 Å². The molecule has 1 fully saturated rings. The molecule has 0 heterocycles. The van der Waals surface area contributed by atoms with Crippen LogP contribution in [0.2, 0.25) is 0 Å². The van der Waals surface area contributed by atoms with Crippen molar-refractivity contribution >= 4 is 21.6 Å². The Labute approximate surface area is 96.1 Å². The second-order valence-corrected chi connectivity index (χ2v) is 6.43. The van der Waals surface area contributed by atoms with Crippen LogP contribution in [0.25, 0.3) is 0 Å². The van der Waals surface area contributed by atoms with Gasteiger partial charge in [-0.2, -0.15) is 0 Å². The maximum absolute atomic E-state index is 11.0. The van der Waals surface area contributed by atoms with E-state index >= 15 is 0 Å². The lowest BCUT2D eigenvalue weighted by molar-refractivity contribution is 0.535. The Balaban J connectivity index is 2.57. The first-order valence-corrected chi connectivity index (χ1v) is 6.76. The van der Waals surface area contributed by atoms with Gasteiger partial charge in [0.25, 0.3) is 0 Å². The lowest BCUT2D eigenvalue weighted by Gasteiger charge is -2.14. The van der Waals surface area contributed by atoms with Gasteiger partial charge in [-0.15, -0.1) is 0 Å². The molecule has 1 saturated carbocycles. The van der Waals surface area contributed by atoms with E-state index in [0.29, 0.717) is 18.0 Å². The Bertz CT molecular complexity index is 376. The first-order valence-electron chi connectivity index (χ1n) is 4.77. The van der Waals surface area contributed by atoms with E-state index in [2.05, 4.69) is 0 Å². The summed E-state index contributed by atoms with van der Waals surface area (Å²) in [6.45, 7) is 1.92. The van der Waals surface area contributed by atoms with Crippen molar-refractivity contribution in [3.05, 3.63) is 10.7 Å². The average Bonchev–Trinajstić information content (AvgIpc) is 2.81. The number of rotatable bonds is 4. The fraction of sp³-hybridized carbons (Fsp3) is 0.778. The Morgan fingerprint density at radius 3 is 2.40 bits per heavy atom. The zero-order chi connectivity index (χ0) is 11.8. The summed E-state index contributed by atoms with van der Waals surface area (Å²) in [7, 11) is 0.364. The molecule has 0 saturated heterocycles. The molecule has 1 aliphatic carbocycles. The minimum Gasteiger partial charge on any atom is -0.369 e. The highest BCUT2D eigenvalue weighted by Gasteiger charge is 2.45. The van der Waals surface area contributed by atoms with E-state index in [0.717, 1.165) is 5.57 Å². The minimum absolute atomic E-state index is 0.147. The number of primary sulfonamides is 1. The Hall–Kier alpha value is -0.260. The van der Waals surface area contributed by atoms with Crippen molar-refractivity contribution in [2.45, 2.75) is 25.0 Å². The molecule has 4 nitrogen and oxygen atoms in total. The van der Waals surface area contributed by atoms with E-state index in [1.807, 2.05) is 25.9 Å². The van der Waals surface area contributed by atoms with Crippen molar-refractivity contribution in [2.24, 2.45) is 11.1 Å². The van der Waals surface area contributed by atoms with Gasteiger partial charge in [0.1, 0.15) is 5.16 Å². The molecule has 1 aliphatic rings. The first-order chi connectivity index (χ1) is 6.73. The van der Waals surface area contributed by atoms with Crippen LogP contribution in [0.15, 0.2) is 10.7 Å². The van der Waals surface area contributed by atoms with E-state index in [1.165, 1.54) is 0 Å². The highest BCUT2D eigenvalue weighted by Crippen LogP contribution is 2.41. The van der Waals surface area contributed by atoms with Gasteiger partial charge in [0.2, 0.25) is 10.0 Å². The summed E-state index contributed by atoms with van der Waals surface area (Å²) in [5.74, 6) is 0.147. The van der Waals surface area contributed by atoms with E-state index < -0.39 is 10.0 Å². The van der Waals surface area contributed by atoms with Crippen LogP contribution in [0, 0.1) is 5.92 Å². The van der Waals surface area contributed by atoms with Gasteiger partial charge in [0.15, 0.2) is 0 Å². The molecule has 0 amide bonds. The third kappa shape index (κ3) is 3.36. The monoisotopic (exact) mass is 252 g/mol. The number of nitrogens with two attached hydrogens (primary N) is 1. The van der Waals surface area contributed by atoms with Crippen molar-refractivity contribution in [1.29, 1.82) is 0 Å². The van der Waals surface area contributed by atoms with E-state index in [-0.39, 0.29) is 11.2 Å². The molecule has 0 aromatic heterocycles. The van der Waals surface area contributed by atoms with Crippen LogP contribution in [-0.4, -0.2) is 32.7 Å². The molecule has 15 heavy (non-hydrogen) atoms. The molecule has 1 rings (SSSR count). The summed E-state index contributed by atoms with van der Waals surface area (Å²) >= 11 is 6.02. The van der Waals surface area contributed by atoms with Crippen LogP contribution in [0.5, 0.6) is 0 Å². The molecule has 0 aromatic carbocycles. The van der Waals surface area contributed by atoms with Gasteiger partial charge in [0, 0.05) is 14.1 Å². The van der Waals surface area contributed by atoms with Crippen molar-refractivity contribution < 1.29 is 8.42 Å². The third-order valence-electron chi connectivity index (χ3n) is 2.59. The third-order valence-corrected chi connectivity index (χ3v) is 4.67. The number of hydrogen-bond donors (Lipinski definition) is 1. The van der Waals surface area contributed by atoms with Gasteiger partial charge >= 0.3 is 0 Å². The zero-order valence-corrected chi connectivity index (χ0v) is 10.8. The van der Waals surface area contributed by atoms with Crippen molar-refractivity contribution in [1.82, 2.24) is 4.90 Å². The lowest BCUT2D eigenvalue weighted by Crippen LogP contribution is -2.19. The molecule has 0 bridgehead atoms. The highest BCUT2D eigenvalue weighted by molar-refractivity contribution is 7.90. The van der Waals surface area contributed by atoms with Gasteiger partial charge in [0.05, 0.1) is 5.25 Å². The molecule has 0 spiro atoms. The minimum atomic E-state index is -3.35. The fourth-order valence-corrected chi connectivity index (χ4v) is 2.92. The van der Waals surface area contributed by atoms with Crippen LogP contribution in [0.1, 0.15) is 19.8 Å². The molecule has 2 atom stereocenters. The predicted molar refractivity (Wildman–Crippen MR) is 61.9 cm³/mol. The first kappa shape index (κ1) is 12.8. The normalized spacial score (nSPS) is 27.3. The number of nitrogens with zero attached hydrogens (tertiary/aromatic N) is 1. The smallest absolute Gasteiger partial charge is 0.212 e. The number of halogens is 1. The van der Waals surface area contributed by atoms with Crippen LogP contribution >= 0.6 is 11.6 Å². The van der Waals surface area contributed by atoms with Crippen molar-refractivity contribution in [2.75, 3.05) is 14.1 Å². The van der Waals surface area contributed by atoms with Crippen molar-refractivity contribution in [3.63, 3.8) is 0 Å². The Kier molecular flexibility index (Phi) is 3.68. The molecule has 0 radical (unpaired) electrons. The van der Waals surface area contributed by atoms with Crippen LogP contribution in [0.3, 0.4) is 0 Å². The fourth-order valence-electron chi connectivity index (χ4n) is 1.70. The SMILES string of the molecule is C/C(CC1CC1S(N)(=O)=O)=C(\Cl)N(C)C. The summed E-state index contributed by atoms with van der Waals surface area (Å²) in [5, 5.41) is 5.37. The Morgan fingerprint density at radius 2 is 2.07 bits per heavy atom. The molecule has 6 heteroatoms. The molecule has 2 unspecified atom stereocenters. The molecule has 0 aromatic rings. The zero-order valence-electron chi connectivity index (χ0n) is 9.20. The standard InChI is InChI=1S/C9H17ClN2O2S/c1-6(9(10)12(2)3)4-7-5-8(7)15(11,13)14/h7-8H,4-5H2,1-3H3,(H2,11,13,14)/b9-6-. The van der Waals surface area contributed by atoms with Crippen LogP contribution in [0.4, 0.5) is 0 Å². The maximum Gasteiger partial charge on any atom is 0.212 e. The molecule has 88 valence electrons.